The molecule has 0 saturated heterocycles. The molecule has 0 N–H and O–H groups in total. The van der Waals surface area contributed by atoms with Gasteiger partial charge in [-0.05, 0) is 11.5 Å². The van der Waals surface area contributed by atoms with Crippen LogP contribution >= 0.6 is 0 Å². The first kappa shape index (κ1) is 9.54. The monoisotopic (exact) mass is 171 g/mol. The summed E-state index contributed by atoms with van der Waals surface area (Å²) in [6, 6.07) is 7.60. The van der Waals surface area contributed by atoms with Crippen LogP contribution in [0.3, 0.4) is 0 Å². The van der Waals surface area contributed by atoms with Gasteiger partial charge in [-0.1, -0.05) is 50.3 Å². The van der Waals surface area contributed by atoms with Crippen molar-refractivity contribution in [1.82, 2.24) is 0 Å². The standard InChI is InChI=1S/C12H13N/c1-9(2)10(3)11-7-5-6-8-12(11)13-4/h5-9H,3H2,1-2H3. The lowest BCUT2D eigenvalue weighted by molar-refractivity contribution is 0.858. The van der Waals surface area contributed by atoms with E-state index >= 15 is 0 Å². The van der Waals surface area contributed by atoms with E-state index in [1.807, 2.05) is 24.3 Å². The zero-order chi connectivity index (χ0) is 9.84. The molecule has 1 aromatic rings. The van der Waals surface area contributed by atoms with E-state index < -0.39 is 0 Å². The largest absolute Gasteiger partial charge is 0.238 e. The first-order valence-electron chi connectivity index (χ1n) is 4.32. The molecule has 0 unspecified atom stereocenters. The Balaban J connectivity index is 3.15. The lowest BCUT2D eigenvalue weighted by Gasteiger charge is -2.10. The fourth-order valence-electron chi connectivity index (χ4n) is 1.15. The van der Waals surface area contributed by atoms with Crippen LogP contribution in [0.25, 0.3) is 10.4 Å². The van der Waals surface area contributed by atoms with Crippen LogP contribution in [0, 0.1) is 12.5 Å². The lowest BCUT2D eigenvalue weighted by atomic mass is 9.96. The highest BCUT2D eigenvalue weighted by atomic mass is 14.6. The predicted molar refractivity (Wildman–Crippen MR) is 56.6 cm³/mol. The Bertz CT molecular complexity index is 356. The molecular weight excluding hydrogens is 158 g/mol. The van der Waals surface area contributed by atoms with Crippen LogP contribution in [0.1, 0.15) is 19.4 Å². The van der Waals surface area contributed by atoms with Crippen LogP contribution in [0.5, 0.6) is 0 Å². The molecule has 1 aromatic carbocycles. The molecule has 0 aliphatic carbocycles. The first-order chi connectivity index (χ1) is 6.16. The van der Waals surface area contributed by atoms with Crippen LogP contribution in [0.4, 0.5) is 5.69 Å². The molecule has 0 aliphatic heterocycles. The topological polar surface area (TPSA) is 4.36 Å². The number of allylic oxidation sites excluding steroid dienone is 1. The van der Waals surface area contributed by atoms with Crippen molar-refractivity contribution in [2.45, 2.75) is 13.8 Å². The maximum atomic E-state index is 7.00. The van der Waals surface area contributed by atoms with Crippen molar-refractivity contribution in [2.24, 2.45) is 5.92 Å². The average Bonchev–Trinajstić information content (AvgIpc) is 2.16. The van der Waals surface area contributed by atoms with E-state index in [1.54, 1.807) is 0 Å². The van der Waals surface area contributed by atoms with E-state index in [0.29, 0.717) is 11.6 Å². The van der Waals surface area contributed by atoms with Crippen LogP contribution in [-0.2, 0) is 0 Å². The Morgan fingerprint density at radius 3 is 2.54 bits per heavy atom. The minimum atomic E-state index is 0.392. The third kappa shape index (κ3) is 1.97. The van der Waals surface area contributed by atoms with Gasteiger partial charge < -0.3 is 0 Å². The predicted octanol–water partition coefficient (Wildman–Crippen LogP) is 3.91. The van der Waals surface area contributed by atoms with Gasteiger partial charge in [0.25, 0.3) is 0 Å². The number of para-hydroxylation sites is 1. The lowest BCUT2D eigenvalue weighted by Crippen LogP contribution is -1.91. The highest BCUT2D eigenvalue weighted by Crippen LogP contribution is 2.29. The van der Waals surface area contributed by atoms with E-state index in [1.165, 1.54) is 0 Å². The summed E-state index contributed by atoms with van der Waals surface area (Å²) in [4.78, 5) is 3.46. The Hall–Kier alpha value is -1.55. The van der Waals surface area contributed by atoms with E-state index in [0.717, 1.165) is 11.1 Å². The normalized spacial score (nSPS) is 9.69. The van der Waals surface area contributed by atoms with E-state index in [2.05, 4.69) is 25.3 Å². The fourth-order valence-corrected chi connectivity index (χ4v) is 1.15. The van der Waals surface area contributed by atoms with Gasteiger partial charge in [-0.15, -0.1) is 0 Å². The van der Waals surface area contributed by atoms with Gasteiger partial charge in [0.15, 0.2) is 5.69 Å². The summed E-state index contributed by atoms with van der Waals surface area (Å²) in [7, 11) is 0. The van der Waals surface area contributed by atoms with Crippen molar-refractivity contribution >= 4 is 11.3 Å². The maximum absolute atomic E-state index is 7.00. The zero-order valence-corrected chi connectivity index (χ0v) is 8.04. The number of nitrogens with zero attached hydrogens (tertiary/aromatic N) is 1. The second kappa shape index (κ2) is 3.91. The highest BCUT2D eigenvalue weighted by Gasteiger charge is 2.07. The van der Waals surface area contributed by atoms with Gasteiger partial charge >= 0.3 is 0 Å². The van der Waals surface area contributed by atoms with Gasteiger partial charge in [0.05, 0.1) is 6.57 Å². The molecular formula is C12H13N. The SMILES string of the molecule is [C-]#[N+]c1ccccc1C(=C)C(C)C. The van der Waals surface area contributed by atoms with Crippen LogP contribution in [0.2, 0.25) is 0 Å². The third-order valence-electron chi connectivity index (χ3n) is 2.07. The van der Waals surface area contributed by atoms with E-state index in [9.17, 15) is 0 Å². The Labute approximate surface area is 79.5 Å². The number of benzene rings is 1. The number of hydrogen-bond acceptors (Lipinski definition) is 0. The second-order valence-electron chi connectivity index (χ2n) is 3.31. The molecule has 0 heterocycles. The second-order valence-corrected chi connectivity index (χ2v) is 3.31. The number of rotatable bonds is 2. The van der Waals surface area contributed by atoms with Crippen molar-refractivity contribution in [3.63, 3.8) is 0 Å². The molecule has 0 aliphatic rings. The summed E-state index contributed by atoms with van der Waals surface area (Å²) in [6.07, 6.45) is 0. The minimum Gasteiger partial charge on any atom is -0.238 e. The van der Waals surface area contributed by atoms with Crippen molar-refractivity contribution in [3.8, 4) is 0 Å². The van der Waals surface area contributed by atoms with Gasteiger partial charge in [-0.3, -0.25) is 0 Å². The molecule has 13 heavy (non-hydrogen) atoms. The van der Waals surface area contributed by atoms with Gasteiger partial charge in [-0.2, -0.15) is 0 Å². The summed E-state index contributed by atoms with van der Waals surface area (Å²) >= 11 is 0. The van der Waals surface area contributed by atoms with Gasteiger partial charge in [0.1, 0.15) is 0 Å². The smallest absolute Gasteiger partial charge is 0.194 e. The fraction of sp³-hybridized carbons (Fsp3) is 0.250. The average molecular weight is 171 g/mol. The first-order valence-corrected chi connectivity index (χ1v) is 4.32. The summed E-state index contributed by atoms with van der Waals surface area (Å²) in [5, 5.41) is 0. The molecule has 1 heteroatoms. The summed E-state index contributed by atoms with van der Waals surface area (Å²) in [5.41, 5.74) is 2.71. The Morgan fingerprint density at radius 1 is 1.38 bits per heavy atom. The minimum absolute atomic E-state index is 0.392. The van der Waals surface area contributed by atoms with Crippen LogP contribution in [-0.4, -0.2) is 0 Å². The van der Waals surface area contributed by atoms with Crippen LogP contribution < -0.4 is 0 Å². The summed E-state index contributed by atoms with van der Waals surface area (Å²) < 4.78 is 0. The quantitative estimate of drug-likeness (QED) is 0.594. The van der Waals surface area contributed by atoms with Crippen LogP contribution in [0.15, 0.2) is 30.8 Å². The molecule has 66 valence electrons. The Kier molecular flexibility index (Phi) is 2.87. The molecule has 0 saturated carbocycles. The Morgan fingerprint density at radius 2 is 2.00 bits per heavy atom. The van der Waals surface area contributed by atoms with Crippen molar-refractivity contribution in [2.75, 3.05) is 0 Å². The molecule has 0 aromatic heterocycles. The van der Waals surface area contributed by atoms with Gasteiger partial charge in [0, 0.05) is 0 Å². The van der Waals surface area contributed by atoms with Crippen molar-refractivity contribution < 1.29 is 0 Å². The summed E-state index contributed by atoms with van der Waals surface area (Å²) in [6.45, 7) is 15.2. The summed E-state index contributed by atoms with van der Waals surface area (Å²) in [5.74, 6) is 0.392. The van der Waals surface area contributed by atoms with E-state index in [-0.39, 0.29) is 0 Å². The van der Waals surface area contributed by atoms with Gasteiger partial charge in [-0.25, -0.2) is 4.85 Å². The molecule has 0 radical (unpaired) electrons. The molecule has 1 nitrogen and oxygen atoms in total. The molecule has 1 rings (SSSR count). The van der Waals surface area contributed by atoms with Gasteiger partial charge in [0.2, 0.25) is 0 Å². The van der Waals surface area contributed by atoms with Crippen molar-refractivity contribution in [1.29, 1.82) is 0 Å². The molecule has 0 atom stereocenters. The zero-order valence-electron chi connectivity index (χ0n) is 8.04. The van der Waals surface area contributed by atoms with Crippen molar-refractivity contribution in [3.05, 3.63) is 47.8 Å². The number of hydrogen-bond donors (Lipinski definition) is 0. The van der Waals surface area contributed by atoms with E-state index in [4.69, 9.17) is 6.57 Å². The maximum Gasteiger partial charge on any atom is 0.194 e. The molecule has 0 fully saturated rings. The highest BCUT2D eigenvalue weighted by molar-refractivity contribution is 5.76. The third-order valence-corrected chi connectivity index (χ3v) is 2.07. The molecule has 0 amide bonds. The molecule has 0 spiro atoms. The molecule has 0 bridgehead atoms.